The Kier molecular flexibility index (Phi) is 4.26. The molecule has 1 fully saturated rings. The van der Waals surface area contributed by atoms with Gasteiger partial charge in [-0.15, -0.1) is 0 Å². The smallest absolute Gasteiger partial charge is 0.225 e. The predicted molar refractivity (Wildman–Crippen MR) is 90.0 cm³/mol. The summed E-state index contributed by atoms with van der Waals surface area (Å²) in [5.74, 6) is 1.77. The Bertz CT molecular complexity index is 583. The third-order valence-electron chi connectivity index (χ3n) is 4.98. The number of benzene rings is 1. The zero-order valence-corrected chi connectivity index (χ0v) is 14.4. The minimum atomic E-state index is -0.355. The summed E-state index contributed by atoms with van der Waals surface area (Å²) < 4.78 is 11.4. The molecule has 0 spiro atoms. The van der Waals surface area contributed by atoms with E-state index < -0.39 is 0 Å². The van der Waals surface area contributed by atoms with Gasteiger partial charge in [-0.2, -0.15) is 0 Å². The lowest BCUT2D eigenvalue weighted by Crippen LogP contribution is -2.43. The normalized spacial score (nSPS) is 19.4. The van der Waals surface area contributed by atoms with Crippen LogP contribution in [0.15, 0.2) is 18.2 Å². The number of ether oxygens (including phenoxy) is 2. The van der Waals surface area contributed by atoms with Crippen LogP contribution in [0, 0.1) is 5.41 Å². The Morgan fingerprint density at radius 1 is 1.13 bits per heavy atom. The van der Waals surface area contributed by atoms with Gasteiger partial charge in [0.2, 0.25) is 5.91 Å². The quantitative estimate of drug-likeness (QED) is 0.929. The van der Waals surface area contributed by atoms with Crippen molar-refractivity contribution in [1.29, 1.82) is 0 Å². The Balaban J connectivity index is 1.82. The highest BCUT2D eigenvalue weighted by molar-refractivity contribution is 5.81. The lowest BCUT2D eigenvalue weighted by Gasteiger charge is -2.32. The maximum absolute atomic E-state index is 12.3. The van der Waals surface area contributed by atoms with Gasteiger partial charge in [-0.25, -0.2) is 0 Å². The third kappa shape index (κ3) is 3.31. The molecule has 4 heteroatoms. The van der Waals surface area contributed by atoms with Crippen molar-refractivity contribution in [1.82, 2.24) is 5.32 Å². The summed E-state index contributed by atoms with van der Waals surface area (Å²) in [6.07, 6.45) is 4.63. The summed E-state index contributed by atoms with van der Waals surface area (Å²) in [4.78, 5) is 12.3. The van der Waals surface area contributed by atoms with Gasteiger partial charge in [0.05, 0.1) is 0 Å². The molecule has 4 nitrogen and oxygen atoms in total. The lowest BCUT2D eigenvalue weighted by molar-refractivity contribution is -0.128. The summed E-state index contributed by atoms with van der Waals surface area (Å²) in [6, 6.07) is 6.26. The molecule has 0 atom stereocenters. The van der Waals surface area contributed by atoms with Crippen LogP contribution in [0.25, 0.3) is 0 Å². The van der Waals surface area contributed by atoms with Crippen LogP contribution in [0.5, 0.6) is 11.5 Å². The van der Waals surface area contributed by atoms with Gasteiger partial charge < -0.3 is 14.8 Å². The van der Waals surface area contributed by atoms with Crippen molar-refractivity contribution in [3.05, 3.63) is 23.8 Å². The number of carbonyl (C=O) groups excluding carboxylic acids is 1. The molecule has 126 valence electrons. The summed E-state index contributed by atoms with van der Waals surface area (Å²) in [7, 11) is 0. The fourth-order valence-electron chi connectivity index (χ4n) is 3.51. The van der Waals surface area contributed by atoms with Crippen LogP contribution in [0.4, 0.5) is 0 Å². The summed E-state index contributed by atoms with van der Waals surface area (Å²) in [5.41, 5.74) is 0.928. The first kappa shape index (κ1) is 16.2. The standard InChI is InChI=1S/C19H27NO3/c1-18(2,3)17(21)20-13-19(8-4-5-9-19)14-6-7-15-16(12-14)23-11-10-22-15/h6-7,12H,4-5,8-11,13H2,1-3H3,(H,20,21). The molecule has 1 aromatic carbocycles. The van der Waals surface area contributed by atoms with Gasteiger partial charge in [0, 0.05) is 17.4 Å². The number of amides is 1. The molecule has 1 aliphatic heterocycles. The molecule has 1 aliphatic carbocycles. The van der Waals surface area contributed by atoms with E-state index in [2.05, 4.69) is 17.4 Å². The van der Waals surface area contributed by atoms with E-state index >= 15 is 0 Å². The van der Waals surface area contributed by atoms with E-state index in [0.29, 0.717) is 19.8 Å². The van der Waals surface area contributed by atoms with Gasteiger partial charge >= 0.3 is 0 Å². The Morgan fingerprint density at radius 3 is 2.43 bits per heavy atom. The van der Waals surface area contributed by atoms with Crippen molar-refractivity contribution in [2.45, 2.75) is 51.9 Å². The number of carbonyl (C=O) groups is 1. The molecular weight excluding hydrogens is 290 g/mol. The minimum Gasteiger partial charge on any atom is -0.486 e. The van der Waals surface area contributed by atoms with E-state index in [1.807, 2.05) is 26.8 Å². The van der Waals surface area contributed by atoms with Crippen LogP contribution < -0.4 is 14.8 Å². The number of rotatable bonds is 3. The number of nitrogens with one attached hydrogen (secondary N) is 1. The summed E-state index contributed by atoms with van der Waals surface area (Å²) in [5, 5.41) is 3.17. The van der Waals surface area contributed by atoms with Crippen molar-refractivity contribution in [3.63, 3.8) is 0 Å². The molecule has 0 radical (unpaired) electrons. The topological polar surface area (TPSA) is 47.6 Å². The molecule has 0 saturated heterocycles. The van der Waals surface area contributed by atoms with E-state index in [9.17, 15) is 4.79 Å². The SMILES string of the molecule is CC(C)(C)C(=O)NCC1(c2ccc3c(c2)OCCO3)CCCC1. The molecule has 1 N–H and O–H groups in total. The maximum Gasteiger partial charge on any atom is 0.225 e. The van der Waals surface area contributed by atoms with Crippen LogP contribution >= 0.6 is 0 Å². The highest BCUT2D eigenvalue weighted by atomic mass is 16.6. The van der Waals surface area contributed by atoms with Gasteiger partial charge in [-0.3, -0.25) is 4.79 Å². The van der Waals surface area contributed by atoms with Crippen molar-refractivity contribution in [2.24, 2.45) is 5.41 Å². The Hall–Kier alpha value is -1.71. The number of fused-ring (bicyclic) bond motifs is 1. The van der Waals surface area contributed by atoms with Crippen LogP contribution in [0.1, 0.15) is 52.0 Å². The van der Waals surface area contributed by atoms with Crippen LogP contribution in [0.3, 0.4) is 0 Å². The van der Waals surface area contributed by atoms with Crippen LogP contribution in [-0.2, 0) is 10.2 Å². The molecular formula is C19H27NO3. The average molecular weight is 317 g/mol. The van der Waals surface area contributed by atoms with Crippen molar-refractivity contribution < 1.29 is 14.3 Å². The van der Waals surface area contributed by atoms with E-state index in [-0.39, 0.29) is 16.7 Å². The molecule has 0 aromatic heterocycles. The largest absolute Gasteiger partial charge is 0.486 e. The van der Waals surface area contributed by atoms with Crippen molar-refractivity contribution >= 4 is 5.91 Å². The van der Waals surface area contributed by atoms with Gasteiger partial charge in [-0.05, 0) is 30.5 Å². The van der Waals surface area contributed by atoms with E-state index in [1.54, 1.807) is 0 Å². The fraction of sp³-hybridized carbons (Fsp3) is 0.632. The second-order valence-electron chi connectivity index (χ2n) is 7.78. The number of hydrogen-bond donors (Lipinski definition) is 1. The van der Waals surface area contributed by atoms with E-state index in [0.717, 1.165) is 24.3 Å². The lowest BCUT2D eigenvalue weighted by atomic mass is 9.78. The third-order valence-corrected chi connectivity index (χ3v) is 4.98. The zero-order chi connectivity index (χ0) is 16.5. The molecule has 3 rings (SSSR count). The highest BCUT2D eigenvalue weighted by Crippen LogP contribution is 2.43. The minimum absolute atomic E-state index is 0.0246. The van der Waals surface area contributed by atoms with Crippen LogP contribution in [-0.4, -0.2) is 25.7 Å². The van der Waals surface area contributed by atoms with E-state index in [1.165, 1.54) is 18.4 Å². The van der Waals surface area contributed by atoms with E-state index in [4.69, 9.17) is 9.47 Å². The fourth-order valence-corrected chi connectivity index (χ4v) is 3.51. The van der Waals surface area contributed by atoms with Crippen molar-refractivity contribution in [3.8, 4) is 11.5 Å². The molecule has 0 bridgehead atoms. The summed E-state index contributed by atoms with van der Waals surface area (Å²) in [6.45, 7) is 7.77. The molecule has 0 unspecified atom stereocenters. The molecule has 1 amide bonds. The molecule has 2 aliphatic rings. The molecule has 1 heterocycles. The average Bonchev–Trinajstić information content (AvgIpc) is 3.01. The van der Waals surface area contributed by atoms with Gasteiger partial charge in [-0.1, -0.05) is 39.7 Å². The van der Waals surface area contributed by atoms with Gasteiger partial charge in [0.25, 0.3) is 0 Å². The second-order valence-corrected chi connectivity index (χ2v) is 7.78. The monoisotopic (exact) mass is 317 g/mol. The van der Waals surface area contributed by atoms with Crippen LogP contribution in [0.2, 0.25) is 0 Å². The first-order chi connectivity index (χ1) is 10.9. The Morgan fingerprint density at radius 2 is 1.78 bits per heavy atom. The Labute approximate surface area is 138 Å². The molecule has 23 heavy (non-hydrogen) atoms. The maximum atomic E-state index is 12.3. The number of hydrogen-bond acceptors (Lipinski definition) is 3. The van der Waals surface area contributed by atoms with Crippen molar-refractivity contribution in [2.75, 3.05) is 19.8 Å². The van der Waals surface area contributed by atoms with Gasteiger partial charge in [0.1, 0.15) is 13.2 Å². The molecule has 1 aromatic rings. The zero-order valence-electron chi connectivity index (χ0n) is 14.4. The second kappa shape index (κ2) is 6.06. The predicted octanol–water partition coefficient (Wildman–Crippen LogP) is 3.43. The highest BCUT2D eigenvalue weighted by Gasteiger charge is 2.37. The first-order valence-electron chi connectivity index (χ1n) is 8.59. The molecule has 1 saturated carbocycles. The first-order valence-corrected chi connectivity index (χ1v) is 8.59. The summed E-state index contributed by atoms with van der Waals surface area (Å²) >= 11 is 0. The van der Waals surface area contributed by atoms with Gasteiger partial charge in [0.15, 0.2) is 11.5 Å².